The maximum atomic E-state index is 12.1. The van der Waals surface area contributed by atoms with E-state index < -0.39 is 23.9 Å². The van der Waals surface area contributed by atoms with Crippen molar-refractivity contribution in [3.05, 3.63) is 59.2 Å². The van der Waals surface area contributed by atoms with Gasteiger partial charge in [-0.15, -0.1) is 11.8 Å². The average Bonchev–Trinajstić information content (AvgIpc) is 2.65. The summed E-state index contributed by atoms with van der Waals surface area (Å²) in [6.07, 6.45) is -0.711. The van der Waals surface area contributed by atoms with Crippen LogP contribution in [0, 0.1) is 13.8 Å². The van der Waals surface area contributed by atoms with Crippen molar-refractivity contribution in [2.45, 2.75) is 38.2 Å². The summed E-state index contributed by atoms with van der Waals surface area (Å²) in [5, 5.41) is 2.63. The van der Waals surface area contributed by atoms with Gasteiger partial charge in [-0.1, -0.05) is 6.07 Å². The lowest BCUT2D eigenvalue weighted by Crippen LogP contribution is -2.30. The number of nitrogens with one attached hydrogen (secondary N) is 1. The van der Waals surface area contributed by atoms with Crippen molar-refractivity contribution >= 4 is 35.2 Å². The van der Waals surface area contributed by atoms with E-state index in [1.807, 2.05) is 6.07 Å². The summed E-state index contributed by atoms with van der Waals surface area (Å²) in [5.41, 5.74) is 8.45. The molecule has 0 aromatic heterocycles. The van der Waals surface area contributed by atoms with Crippen molar-refractivity contribution in [1.29, 1.82) is 0 Å². The first-order valence-corrected chi connectivity index (χ1v) is 9.85. The zero-order valence-electron chi connectivity index (χ0n) is 16.2. The molecule has 2 aromatic carbocycles. The summed E-state index contributed by atoms with van der Waals surface area (Å²) in [6.45, 7) is 5.62. The molecule has 0 saturated carbocycles. The molecule has 0 heterocycles. The summed E-state index contributed by atoms with van der Waals surface area (Å²) < 4.78 is 5.19. The molecule has 0 saturated heterocycles. The minimum absolute atomic E-state index is 0.211. The van der Waals surface area contributed by atoms with Gasteiger partial charge in [0.25, 0.3) is 5.91 Å². The Hall–Kier alpha value is -2.80. The molecule has 0 unspecified atom stereocenters. The fourth-order valence-electron chi connectivity index (χ4n) is 2.33. The lowest BCUT2D eigenvalue weighted by molar-refractivity contribution is -0.152. The first kappa shape index (κ1) is 21.5. The van der Waals surface area contributed by atoms with Crippen molar-refractivity contribution in [3.8, 4) is 0 Å². The number of aryl methyl sites for hydroxylation is 2. The first-order chi connectivity index (χ1) is 13.3. The van der Waals surface area contributed by atoms with Crippen molar-refractivity contribution in [3.63, 3.8) is 0 Å². The highest BCUT2D eigenvalue weighted by Crippen LogP contribution is 2.22. The molecule has 0 radical (unpaired) electrons. The number of esters is 1. The van der Waals surface area contributed by atoms with Gasteiger partial charge in [0, 0.05) is 21.9 Å². The number of thioether (sulfide) groups is 1. The van der Waals surface area contributed by atoms with Gasteiger partial charge in [-0.3, -0.25) is 14.4 Å². The Morgan fingerprint density at radius 2 is 1.75 bits per heavy atom. The highest BCUT2D eigenvalue weighted by Gasteiger charge is 2.18. The van der Waals surface area contributed by atoms with Crippen molar-refractivity contribution in [2.24, 2.45) is 5.73 Å². The molecule has 28 heavy (non-hydrogen) atoms. The van der Waals surface area contributed by atoms with Gasteiger partial charge in [-0.2, -0.15) is 0 Å². The number of primary amides is 1. The molecule has 148 valence electrons. The van der Waals surface area contributed by atoms with Crippen molar-refractivity contribution < 1.29 is 19.1 Å². The van der Waals surface area contributed by atoms with E-state index in [9.17, 15) is 14.4 Å². The minimum Gasteiger partial charge on any atom is -0.453 e. The van der Waals surface area contributed by atoms with E-state index in [-0.39, 0.29) is 6.42 Å². The standard InChI is InChI=1S/C21H24N2O4S/c1-13-4-9-18(12-14(13)2)28-11-10-19(24)27-15(3)21(26)23-17-7-5-16(6-8-17)20(22)25/h4-9,12,15H,10-11H2,1-3H3,(H2,22,25)(H,23,26)/t15-/m0/s1. The number of hydrogen-bond acceptors (Lipinski definition) is 5. The van der Waals surface area contributed by atoms with Crippen LogP contribution < -0.4 is 11.1 Å². The molecule has 1 atom stereocenters. The fraction of sp³-hybridized carbons (Fsp3) is 0.286. The summed E-state index contributed by atoms with van der Waals surface area (Å²) >= 11 is 1.57. The molecule has 0 spiro atoms. The number of amides is 2. The van der Waals surface area contributed by atoms with E-state index in [2.05, 4.69) is 31.3 Å². The zero-order chi connectivity index (χ0) is 20.7. The van der Waals surface area contributed by atoms with Crippen LogP contribution in [-0.4, -0.2) is 29.6 Å². The van der Waals surface area contributed by atoms with Gasteiger partial charge < -0.3 is 15.8 Å². The molecule has 2 rings (SSSR count). The second-order valence-corrected chi connectivity index (χ2v) is 7.58. The van der Waals surface area contributed by atoms with Gasteiger partial charge >= 0.3 is 5.97 Å². The molecule has 3 N–H and O–H groups in total. The third-order valence-electron chi connectivity index (χ3n) is 4.17. The molecule has 0 aliphatic heterocycles. The second-order valence-electron chi connectivity index (χ2n) is 6.41. The smallest absolute Gasteiger partial charge is 0.307 e. The average molecular weight is 401 g/mol. The van der Waals surface area contributed by atoms with Crippen LogP contribution in [0.1, 0.15) is 34.8 Å². The van der Waals surface area contributed by atoms with E-state index >= 15 is 0 Å². The molecular weight excluding hydrogens is 376 g/mol. The molecule has 0 fully saturated rings. The predicted molar refractivity (Wildman–Crippen MR) is 110 cm³/mol. The van der Waals surface area contributed by atoms with Gasteiger partial charge in [0.2, 0.25) is 5.91 Å². The van der Waals surface area contributed by atoms with Crippen LogP contribution in [0.2, 0.25) is 0 Å². The van der Waals surface area contributed by atoms with E-state index in [0.29, 0.717) is 17.0 Å². The number of hydrogen-bond donors (Lipinski definition) is 2. The monoisotopic (exact) mass is 400 g/mol. The molecular formula is C21H24N2O4S. The van der Waals surface area contributed by atoms with Gasteiger partial charge in [0.1, 0.15) is 0 Å². The summed E-state index contributed by atoms with van der Waals surface area (Å²) in [5.74, 6) is -0.839. The molecule has 6 nitrogen and oxygen atoms in total. The van der Waals surface area contributed by atoms with Crippen molar-refractivity contribution in [2.75, 3.05) is 11.1 Å². The highest BCUT2D eigenvalue weighted by molar-refractivity contribution is 7.99. The van der Waals surface area contributed by atoms with Crippen LogP contribution in [0.25, 0.3) is 0 Å². The number of benzene rings is 2. The van der Waals surface area contributed by atoms with Crippen LogP contribution in [0.3, 0.4) is 0 Å². The third kappa shape index (κ3) is 6.42. The highest BCUT2D eigenvalue weighted by atomic mass is 32.2. The van der Waals surface area contributed by atoms with E-state index in [1.165, 1.54) is 30.2 Å². The molecule has 0 bridgehead atoms. The first-order valence-electron chi connectivity index (χ1n) is 8.86. The number of carbonyl (C=O) groups is 3. The van der Waals surface area contributed by atoms with Gasteiger partial charge in [0.15, 0.2) is 6.10 Å². The van der Waals surface area contributed by atoms with E-state index in [0.717, 1.165) is 4.90 Å². The van der Waals surface area contributed by atoms with E-state index in [1.54, 1.807) is 23.9 Å². The quantitative estimate of drug-likeness (QED) is 0.522. The van der Waals surface area contributed by atoms with Crippen LogP contribution in [0.4, 0.5) is 5.69 Å². The van der Waals surface area contributed by atoms with Crippen LogP contribution in [0.15, 0.2) is 47.4 Å². The molecule has 7 heteroatoms. The minimum atomic E-state index is -0.921. The Morgan fingerprint density at radius 3 is 2.36 bits per heavy atom. The summed E-state index contributed by atoms with van der Waals surface area (Å²) in [7, 11) is 0. The fourth-order valence-corrected chi connectivity index (χ4v) is 3.26. The Morgan fingerprint density at radius 1 is 1.07 bits per heavy atom. The lowest BCUT2D eigenvalue weighted by Gasteiger charge is -2.13. The molecule has 2 amide bonds. The van der Waals surface area contributed by atoms with Crippen LogP contribution >= 0.6 is 11.8 Å². The molecule has 0 aliphatic rings. The Balaban J connectivity index is 1.76. The second kappa shape index (κ2) is 9.94. The maximum absolute atomic E-state index is 12.1. The summed E-state index contributed by atoms with van der Waals surface area (Å²) in [4.78, 5) is 36.3. The van der Waals surface area contributed by atoms with Crippen LogP contribution in [0.5, 0.6) is 0 Å². The SMILES string of the molecule is Cc1ccc(SCCC(=O)O[C@@H](C)C(=O)Nc2ccc(C(N)=O)cc2)cc1C. The van der Waals surface area contributed by atoms with Gasteiger partial charge in [-0.05, 0) is 68.3 Å². The Bertz CT molecular complexity index is 865. The number of nitrogens with two attached hydrogens (primary N) is 1. The normalized spacial score (nSPS) is 11.5. The number of rotatable bonds is 8. The van der Waals surface area contributed by atoms with Crippen LogP contribution in [-0.2, 0) is 14.3 Å². The van der Waals surface area contributed by atoms with Gasteiger partial charge in [-0.25, -0.2) is 0 Å². The Labute approximate surface area is 168 Å². The summed E-state index contributed by atoms with van der Waals surface area (Å²) in [6, 6.07) is 12.3. The van der Waals surface area contributed by atoms with Crippen molar-refractivity contribution in [1.82, 2.24) is 0 Å². The Kier molecular flexibility index (Phi) is 7.63. The molecule has 0 aliphatic carbocycles. The van der Waals surface area contributed by atoms with E-state index in [4.69, 9.17) is 10.5 Å². The predicted octanol–water partition coefficient (Wildman–Crippen LogP) is 3.45. The molecule has 2 aromatic rings. The largest absolute Gasteiger partial charge is 0.453 e. The zero-order valence-corrected chi connectivity index (χ0v) is 17.0. The third-order valence-corrected chi connectivity index (χ3v) is 5.16. The maximum Gasteiger partial charge on any atom is 0.307 e. The number of carbonyl (C=O) groups excluding carboxylic acids is 3. The lowest BCUT2D eigenvalue weighted by atomic mass is 10.1. The number of anilines is 1. The number of ether oxygens (including phenoxy) is 1. The van der Waals surface area contributed by atoms with Gasteiger partial charge in [0.05, 0.1) is 6.42 Å². The topological polar surface area (TPSA) is 98.5 Å².